The van der Waals surface area contributed by atoms with Crippen LogP contribution in [0, 0.1) is 6.92 Å². The third-order valence-corrected chi connectivity index (χ3v) is 6.27. The largest absolute Gasteiger partial charge is 0.422 e. The molecule has 3 amide bonds. The van der Waals surface area contributed by atoms with Crippen molar-refractivity contribution in [3.05, 3.63) is 69.6 Å². The van der Waals surface area contributed by atoms with Gasteiger partial charge < -0.3 is 19.0 Å². The highest BCUT2D eigenvalue weighted by Gasteiger charge is 2.27. The van der Waals surface area contributed by atoms with Crippen molar-refractivity contribution in [3.8, 4) is 5.75 Å². The van der Waals surface area contributed by atoms with Crippen LogP contribution in [0.25, 0.3) is 11.0 Å². The highest BCUT2D eigenvalue weighted by Crippen LogP contribution is 2.27. The number of carbonyl (C=O) groups excluding carboxylic acids is 2. The molecule has 1 aromatic heterocycles. The lowest BCUT2D eigenvalue weighted by Gasteiger charge is -2.24. The van der Waals surface area contributed by atoms with E-state index in [2.05, 4.69) is 0 Å². The van der Waals surface area contributed by atoms with Crippen LogP contribution in [0.2, 0.25) is 0 Å². The van der Waals surface area contributed by atoms with Crippen LogP contribution in [0.1, 0.15) is 16.7 Å². The summed E-state index contributed by atoms with van der Waals surface area (Å²) >= 11 is 0. The molecule has 0 aliphatic rings. The molecule has 0 fully saturated rings. The van der Waals surface area contributed by atoms with Crippen LogP contribution >= 0.6 is 0 Å². The Bertz CT molecular complexity index is 1460. The van der Waals surface area contributed by atoms with Gasteiger partial charge in [0.1, 0.15) is 11.3 Å². The van der Waals surface area contributed by atoms with Crippen LogP contribution < -0.4 is 14.7 Å². The third-order valence-electron chi connectivity index (χ3n) is 5.24. The SMILES string of the molecule is Cc1c(Cc2cccc(N(C(=O)N(C)C)S(C)(=O)=O)c2)c(=O)oc2cc(OC(=O)N(C)C)ccc12. The van der Waals surface area contributed by atoms with Crippen molar-refractivity contribution in [2.75, 3.05) is 38.8 Å². The van der Waals surface area contributed by atoms with Gasteiger partial charge in [-0.2, -0.15) is 4.31 Å². The molecule has 0 saturated carbocycles. The van der Waals surface area contributed by atoms with Crippen LogP contribution in [-0.4, -0.2) is 64.8 Å². The number of hydrogen-bond donors (Lipinski definition) is 0. The van der Waals surface area contributed by atoms with Gasteiger partial charge in [-0.1, -0.05) is 12.1 Å². The lowest BCUT2D eigenvalue weighted by molar-refractivity contribution is 0.172. The van der Waals surface area contributed by atoms with Crippen molar-refractivity contribution in [2.24, 2.45) is 0 Å². The Morgan fingerprint density at radius 2 is 1.69 bits per heavy atom. The minimum Gasteiger partial charge on any atom is -0.422 e. The predicted molar refractivity (Wildman–Crippen MR) is 133 cm³/mol. The number of urea groups is 1. The van der Waals surface area contributed by atoms with Gasteiger partial charge in [0.25, 0.3) is 0 Å². The Morgan fingerprint density at radius 1 is 1.00 bits per heavy atom. The molecular weight excluding hydrogens is 474 g/mol. The Kier molecular flexibility index (Phi) is 7.20. The summed E-state index contributed by atoms with van der Waals surface area (Å²) < 4.78 is 36.1. The fraction of sp³-hybridized carbons (Fsp3) is 0.292. The van der Waals surface area contributed by atoms with Crippen LogP contribution in [0.3, 0.4) is 0 Å². The molecule has 0 atom stereocenters. The van der Waals surface area contributed by atoms with Gasteiger partial charge in [0.15, 0.2) is 0 Å². The van der Waals surface area contributed by atoms with Crippen molar-refractivity contribution in [2.45, 2.75) is 13.3 Å². The van der Waals surface area contributed by atoms with Gasteiger partial charge in [0, 0.05) is 51.6 Å². The number of anilines is 1. The Morgan fingerprint density at radius 3 is 2.29 bits per heavy atom. The zero-order valence-corrected chi connectivity index (χ0v) is 21.2. The first kappa shape index (κ1) is 25.8. The zero-order valence-electron chi connectivity index (χ0n) is 20.4. The molecule has 0 spiro atoms. The molecule has 0 aliphatic carbocycles. The number of amides is 3. The highest BCUT2D eigenvalue weighted by atomic mass is 32.2. The van der Waals surface area contributed by atoms with Gasteiger partial charge in [-0.15, -0.1) is 0 Å². The average Bonchev–Trinajstić information content (AvgIpc) is 2.75. The second kappa shape index (κ2) is 9.79. The smallest absolute Gasteiger partial charge is 0.414 e. The van der Waals surface area contributed by atoms with Crippen molar-refractivity contribution < 1.29 is 27.2 Å². The number of carbonyl (C=O) groups is 2. The summed E-state index contributed by atoms with van der Waals surface area (Å²) in [6, 6.07) is 10.5. The van der Waals surface area contributed by atoms with E-state index in [0.717, 1.165) is 6.26 Å². The van der Waals surface area contributed by atoms with E-state index in [-0.39, 0.29) is 23.4 Å². The number of sulfonamides is 1. The maximum absolute atomic E-state index is 12.8. The molecule has 0 bridgehead atoms. The third kappa shape index (κ3) is 5.62. The summed E-state index contributed by atoms with van der Waals surface area (Å²) in [7, 11) is 2.14. The first-order chi connectivity index (χ1) is 16.3. The zero-order chi connectivity index (χ0) is 26.1. The second-order valence-corrected chi connectivity index (χ2v) is 10.3. The summed E-state index contributed by atoms with van der Waals surface area (Å²) in [5.41, 5.74) is 1.55. The highest BCUT2D eigenvalue weighted by molar-refractivity contribution is 7.92. The first-order valence-corrected chi connectivity index (χ1v) is 12.4. The van der Waals surface area contributed by atoms with E-state index in [1.54, 1.807) is 51.4 Å². The molecule has 35 heavy (non-hydrogen) atoms. The molecule has 1 heterocycles. The predicted octanol–water partition coefficient (Wildman–Crippen LogP) is 3.20. The molecule has 0 unspecified atom stereocenters. The van der Waals surface area contributed by atoms with Crippen LogP contribution in [0.4, 0.5) is 15.3 Å². The van der Waals surface area contributed by atoms with Crippen molar-refractivity contribution in [1.29, 1.82) is 0 Å². The number of benzene rings is 2. The first-order valence-electron chi connectivity index (χ1n) is 10.6. The fourth-order valence-electron chi connectivity index (χ4n) is 3.46. The molecule has 0 aliphatic heterocycles. The number of rotatable bonds is 5. The topological polar surface area (TPSA) is 117 Å². The minimum absolute atomic E-state index is 0.156. The number of nitrogens with zero attached hydrogens (tertiary/aromatic N) is 3. The average molecular weight is 502 g/mol. The quantitative estimate of drug-likeness (QED) is 0.493. The molecular formula is C24H27N3O7S. The van der Waals surface area contributed by atoms with E-state index < -0.39 is 27.8 Å². The number of aryl methyl sites for hydroxylation is 1. The van der Waals surface area contributed by atoms with Gasteiger partial charge in [-0.05, 0) is 42.3 Å². The van der Waals surface area contributed by atoms with Crippen molar-refractivity contribution >= 4 is 38.8 Å². The van der Waals surface area contributed by atoms with E-state index in [4.69, 9.17) is 9.15 Å². The molecule has 3 aromatic rings. The Labute approximate surface area is 203 Å². The fourth-order valence-corrected chi connectivity index (χ4v) is 4.40. The Hall–Kier alpha value is -3.86. The monoisotopic (exact) mass is 501 g/mol. The minimum atomic E-state index is -3.89. The number of fused-ring (bicyclic) bond motifs is 1. The normalized spacial score (nSPS) is 11.3. The number of ether oxygens (including phenoxy) is 1. The van der Waals surface area contributed by atoms with E-state index in [1.165, 1.54) is 36.0 Å². The van der Waals surface area contributed by atoms with Crippen molar-refractivity contribution in [3.63, 3.8) is 0 Å². The van der Waals surface area contributed by atoms with Gasteiger partial charge in [-0.25, -0.2) is 22.8 Å². The standard InChI is InChI=1S/C24H27N3O7S/c1-15-19-11-10-18(33-24(30)26(4)5)14-21(19)34-22(28)20(15)13-16-8-7-9-17(12-16)27(35(6,31)32)23(29)25(2)3/h7-12,14H,13H2,1-6H3. The lowest BCUT2D eigenvalue weighted by atomic mass is 9.99. The van der Waals surface area contributed by atoms with Gasteiger partial charge in [0.05, 0.1) is 11.9 Å². The summed E-state index contributed by atoms with van der Waals surface area (Å²) in [5.74, 6) is 0.241. The maximum Gasteiger partial charge on any atom is 0.414 e. The maximum atomic E-state index is 12.8. The molecule has 11 heteroatoms. The molecule has 10 nitrogen and oxygen atoms in total. The molecule has 186 valence electrons. The molecule has 0 radical (unpaired) electrons. The number of hydrogen-bond acceptors (Lipinski definition) is 7. The summed E-state index contributed by atoms with van der Waals surface area (Å²) in [5, 5.41) is 0.668. The Balaban J connectivity index is 2.00. The van der Waals surface area contributed by atoms with E-state index in [9.17, 15) is 22.8 Å². The van der Waals surface area contributed by atoms with Gasteiger partial charge in [-0.3, -0.25) is 0 Å². The van der Waals surface area contributed by atoms with Gasteiger partial charge in [0.2, 0.25) is 10.0 Å². The van der Waals surface area contributed by atoms with Crippen molar-refractivity contribution in [1.82, 2.24) is 9.80 Å². The van der Waals surface area contributed by atoms with E-state index >= 15 is 0 Å². The molecule has 3 rings (SSSR count). The van der Waals surface area contributed by atoms with E-state index in [1.807, 2.05) is 0 Å². The van der Waals surface area contributed by atoms with E-state index in [0.29, 0.717) is 26.4 Å². The lowest BCUT2D eigenvalue weighted by Crippen LogP contribution is -2.42. The van der Waals surface area contributed by atoms with Crippen LogP contribution in [0.5, 0.6) is 5.75 Å². The summed E-state index contributed by atoms with van der Waals surface area (Å²) in [6.07, 6.45) is 0.548. The molecule has 0 saturated heterocycles. The molecule has 2 aromatic carbocycles. The molecule has 0 N–H and O–H groups in total. The van der Waals surface area contributed by atoms with Gasteiger partial charge >= 0.3 is 17.7 Å². The summed E-state index contributed by atoms with van der Waals surface area (Å²) in [6.45, 7) is 1.78. The summed E-state index contributed by atoms with van der Waals surface area (Å²) in [4.78, 5) is 39.6. The van der Waals surface area contributed by atoms with Crippen LogP contribution in [0.15, 0.2) is 51.7 Å². The second-order valence-electron chi connectivity index (χ2n) is 8.46. The van der Waals surface area contributed by atoms with Crippen LogP contribution in [-0.2, 0) is 16.4 Å².